The van der Waals surface area contributed by atoms with Gasteiger partial charge in [-0.25, -0.2) is 4.98 Å². The van der Waals surface area contributed by atoms with Crippen molar-refractivity contribution in [3.05, 3.63) is 46.8 Å². The minimum absolute atomic E-state index is 0.0320. The van der Waals surface area contributed by atoms with Crippen LogP contribution >= 0.6 is 0 Å². The van der Waals surface area contributed by atoms with Crippen LogP contribution in [0.3, 0.4) is 0 Å². The van der Waals surface area contributed by atoms with E-state index < -0.39 is 6.10 Å². The van der Waals surface area contributed by atoms with E-state index in [1.807, 2.05) is 20.0 Å². The molecule has 0 radical (unpaired) electrons. The van der Waals surface area contributed by atoms with Crippen LogP contribution in [-0.4, -0.2) is 46.5 Å². The normalized spacial score (nSPS) is 14.6. The number of hydrogen-bond acceptors (Lipinski definition) is 6. The summed E-state index contributed by atoms with van der Waals surface area (Å²) in [5.74, 6) is 1.28. The van der Waals surface area contributed by atoms with Gasteiger partial charge >= 0.3 is 0 Å². The first kappa shape index (κ1) is 20.2. The molecule has 0 saturated heterocycles. The van der Waals surface area contributed by atoms with Gasteiger partial charge in [0.25, 0.3) is 5.91 Å². The zero-order chi connectivity index (χ0) is 21.4. The molecule has 158 valence electrons. The van der Waals surface area contributed by atoms with E-state index in [9.17, 15) is 9.90 Å². The molecule has 2 aromatic heterocycles. The quantitative estimate of drug-likeness (QED) is 0.621. The van der Waals surface area contributed by atoms with E-state index in [1.165, 1.54) is 7.11 Å². The van der Waals surface area contributed by atoms with Crippen molar-refractivity contribution in [2.45, 2.75) is 31.8 Å². The van der Waals surface area contributed by atoms with Crippen molar-refractivity contribution in [3.63, 3.8) is 0 Å². The Kier molecular flexibility index (Phi) is 5.34. The van der Waals surface area contributed by atoms with Gasteiger partial charge in [-0.05, 0) is 44.0 Å². The van der Waals surface area contributed by atoms with Crippen molar-refractivity contribution in [1.82, 2.24) is 20.1 Å². The lowest BCUT2D eigenvalue weighted by atomic mass is 10.1. The highest BCUT2D eigenvalue weighted by Crippen LogP contribution is 2.40. The number of benzene rings is 1. The fourth-order valence-electron chi connectivity index (χ4n) is 3.73. The van der Waals surface area contributed by atoms with E-state index in [1.54, 1.807) is 30.0 Å². The van der Waals surface area contributed by atoms with Gasteiger partial charge in [-0.3, -0.25) is 9.48 Å². The number of aliphatic hydroxyl groups is 1. The van der Waals surface area contributed by atoms with Crippen LogP contribution < -0.4 is 14.8 Å². The van der Waals surface area contributed by atoms with Crippen molar-refractivity contribution in [2.24, 2.45) is 7.05 Å². The summed E-state index contributed by atoms with van der Waals surface area (Å²) < 4.78 is 12.3. The molecule has 1 unspecified atom stereocenters. The summed E-state index contributed by atoms with van der Waals surface area (Å²) in [4.78, 5) is 17.8. The molecule has 1 amide bonds. The highest BCUT2D eigenvalue weighted by Gasteiger charge is 2.28. The predicted octanol–water partition coefficient (Wildman–Crippen LogP) is 2.63. The number of nitrogens with one attached hydrogen (secondary N) is 1. The molecule has 2 N–H and O–H groups in total. The molecule has 0 bridgehead atoms. The summed E-state index contributed by atoms with van der Waals surface area (Å²) in [6.07, 6.45) is 1.23. The molecule has 1 aliphatic carbocycles. The first-order chi connectivity index (χ1) is 14.4. The predicted molar refractivity (Wildman–Crippen MR) is 112 cm³/mol. The van der Waals surface area contributed by atoms with Gasteiger partial charge in [0, 0.05) is 30.8 Å². The van der Waals surface area contributed by atoms with Crippen LogP contribution in [0.2, 0.25) is 0 Å². The number of ether oxygens (including phenoxy) is 2. The van der Waals surface area contributed by atoms with Gasteiger partial charge in [0.2, 0.25) is 0 Å². The zero-order valence-electron chi connectivity index (χ0n) is 17.6. The average molecular weight is 410 g/mol. The second kappa shape index (κ2) is 7.95. The molecule has 30 heavy (non-hydrogen) atoms. The fourth-order valence-corrected chi connectivity index (χ4v) is 3.73. The van der Waals surface area contributed by atoms with Gasteiger partial charge in [0.1, 0.15) is 17.6 Å². The molecule has 8 nitrogen and oxygen atoms in total. The molecule has 1 atom stereocenters. The number of fused-ring (bicyclic) bond motifs is 1. The third-order valence-electron chi connectivity index (χ3n) is 5.48. The largest absolute Gasteiger partial charge is 0.497 e. The number of amides is 1. The Morgan fingerprint density at radius 3 is 2.73 bits per heavy atom. The SMILES string of the molecule is COc1ccc(OC)c(C(O)CNC(=O)c2cc(C3CC3)nc3c2c(C)nn3C)c1. The van der Waals surface area contributed by atoms with Crippen molar-refractivity contribution >= 4 is 16.9 Å². The second-order valence-electron chi connectivity index (χ2n) is 7.61. The van der Waals surface area contributed by atoms with E-state index in [0.717, 1.165) is 29.6 Å². The highest BCUT2D eigenvalue weighted by atomic mass is 16.5. The molecule has 4 rings (SSSR count). The molecule has 1 aromatic carbocycles. The van der Waals surface area contributed by atoms with Crippen LogP contribution in [0.1, 0.15) is 52.2 Å². The third kappa shape index (κ3) is 3.70. The number of aryl methyl sites for hydroxylation is 2. The number of pyridine rings is 1. The maximum Gasteiger partial charge on any atom is 0.252 e. The number of methoxy groups -OCH3 is 2. The summed E-state index contributed by atoms with van der Waals surface area (Å²) in [6.45, 7) is 1.90. The van der Waals surface area contributed by atoms with Gasteiger partial charge < -0.3 is 19.9 Å². The Balaban J connectivity index is 1.60. The van der Waals surface area contributed by atoms with E-state index in [2.05, 4.69) is 10.4 Å². The van der Waals surface area contributed by atoms with Crippen LogP contribution in [-0.2, 0) is 7.05 Å². The average Bonchev–Trinajstić information content (AvgIpc) is 3.57. The minimum atomic E-state index is -0.950. The Hall–Kier alpha value is -3.13. The lowest BCUT2D eigenvalue weighted by Gasteiger charge is -2.17. The number of hydrogen-bond donors (Lipinski definition) is 2. The summed E-state index contributed by atoms with van der Waals surface area (Å²) in [5.41, 5.74) is 3.47. The summed E-state index contributed by atoms with van der Waals surface area (Å²) in [6, 6.07) is 7.05. The first-order valence-corrected chi connectivity index (χ1v) is 9.95. The van der Waals surface area contributed by atoms with Crippen molar-refractivity contribution in [2.75, 3.05) is 20.8 Å². The number of nitrogens with zero attached hydrogens (tertiary/aromatic N) is 3. The van der Waals surface area contributed by atoms with Crippen LogP contribution in [0.5, 0.6) is 11.5 Å². The molecule has 1 fully saturated rings. The molecule has 0 spiro atoms. The first-order valence-electron chi connectivity index (χ1n) is 9.95. The smallest absolute Gasteiger partial charge is 0.252 e. The topological polar surface area (TPSA) is 98.5 Å². The monoisotopic (exact) mass is 410 g/mol. The maximum atomic E-state index is 13.1. The Bertz CT molecular complexity index is 1100. The Morgan fingerprint density at radius 2 is 2.07 bits per heavy atom. The van der Waals surface area contributed by atoms with Gasteiger partial charge in [-0.2, -0.15) is 5.10 Å². The number of aromatic nitrogens is 3. The van der Waals surface area contributed by atoms with Gasteiger partial charge in [0.05, 0.1) is 30.9 Å². The Morgan fingerprint density at radius 1 is 1.30 bits per heavy atom. The maximum absolute atomic E-state index is 13.1. The Labute approximate surface area is 174 Å². The standard InChI is InChI=1S/C22H26N4O4/c1-12-20-16(10-17(13-5-6-13)24-21(20)26(2)25-12)22(28)23-11-18(27)15-9-14(29-3)7-8-19(15)30-4/h7-10,13,18,27H,5-6,11H2,1-4H3,(H,23,28). The van der Waals surface area contributed by atoms with Crippen molar-refractivity contribution in [1.29, 1.82) is 0 Å². The molecule has 8 heteroatoms. The minimum Gasteiger partial charge on any atom is -0.497 e. The molecule has 0 aliphatic heterocycles. The molecule has 1 aliphatic rings. The molecule has 1 saturated carbocycles. The van der Waals surface area contributed by atoms with Crippen LogP contribution in [0, 0.1) is 6.92 Å². The zero-order valence-corrected chi connectivity index (χ0v) is 17.6. The van der Waals surface area contributed by atoms with Crippen LogP contribution in [0.15, 0.2) is 24.3 Å². The van der Waals surface area contributed by atoms with Gasteiger partial charge in [0.15, 0.2) is 5.65 Å². The lowest BCUT2D eigenvalue weighted by molar-refractivity contribution is 0.0916. The molecular weight excluding hydrogens is 384 g/mol. The molecule has 3 aromatic rings. The number of carbonyl (C=O) groups is 1. The van der Waals surface area contributed by atoms with E-state index in [-0.39, 0.29) is 12.5 Å². The third-order valence-corrected chi connectivity index (χ3v) is 5.48. The number of rotatable bonds is 7. The van der Waals surface area contributed by atoms with E-state index in [0.29, 0.717) is 34.2 Å². The van der Waals surface area contributed by atoms with E-state index >= 15 is 0 Å². The number of aliphatic hydroxyl groups excluding tert-OH is 1. The molecule has 2 heterocycles. The fraction of sp³-hybridized carbons (Fsp3) is 0.409. The summed E-state index contributed by atoms with van der Waals surface area (Å²) >= 11 is 0. The van der Waals surface area contributed by atoms with Crippen molar-refractivity contribution < 1.29 is 19.4 Å². The van der Waals surface area contributed by atoms with Crippen molar-refractivity contribution in [3.8, 4) is 11.5 Å². The number of carbonyl (C=O) groups excluding carboxylic acids is 1. The summed E-state index contributed by atoms with van der Waals surface area (Å²) in [5, 5.41) is 18.7. The highest BCUT2D eigenvalue weighted by molar-refractivity contribution is 6.06. The molecular formula is C22H26N4O4. The van der Waals surface area contributed by atoms with Crippen LogP contribution in [0.4, 0.5) is 0 Å². The van der Waals surface area contributed by atoms with Gasteiger partial charge in [-0.15, -0.1) is 0 Å². The van der Waals surface area contributed by atoms with Gasteiger partial charge in [-0.1, -0.05) is 0 Å². The summed E-state index contributed by atoms with van der Waals surface area (Å²) in [7, 11) is 4.93. The lowest BCUT2D eigenvalue weighted by Crippen LogP contribution is -2.29. The van der Waals surface area contributed by atoms with Crippen LogP contribution in [0.25, 0.3) is 11.0 Å². The second-order valence-corrected chi connectivity index (χ2v) is 7.61. The van der Waals surface area contributed by atoms with E-state index in [4.69, 9.17) is 14.5 Å².